The van der Waals surface area contributed by atoms with Crippen molar-refractivity contribution in [2.24, 2.45) is 0 Å². The van der Waals surface area contributed by atoms with Gasteiger partial charge in [-0.2, -0.15) is 0 Å². The predicted octanol–water partition coefficient (Wildman–Crippen LogP) is 2.59. The summed E-state index contributed by atoms with van der Waals surface area (Å²) in [4.78, 5) is 22.2. The highest BCUT2D eigenvalue weighted by atomic mass is 16.5. The van der Waals surface area contributed by atoms with Gasteiger partial charge < -0.3 is 9.47 Å². The molecule has 2 aromatic rings. The number of methoxy groups -OCH3 is 1. The van der Waals surface area contributed by atoms with Crippen LogP contribution in [0.3, 0.4) is 0 Å². The summed E-state index contributed by atoms with van der Waals surface area (Å²) in [6, 6.07) is 11.2. The maximum absolute atomic E-state index is 11.2. The molecule has 2 aromatic carbocycles. The number of benzene rings is 2. The monoisotopic (exact) mass is 258 g/mol. The minimum atomic E-state index is -0.339. The molecular weight excluding hydrogens is 244 g/mol. The molecule has 0 saturated heterocycles. The van der Waals surface area contributed by atoms with E-state index in [0.717, 1.165) is 17.1 Å². The zero-order valence-corrected chi connectivity index (χ0v) is 10.6. The van der Waals surface area contributed by atoms with Crippen molar-refractivity contribution >= 4 is 23.0 Å². The molecule has 98 valence electrons. The number of aldehydes is 1. The quantitative estimate of drug-likeness (QED) is 0.611. The summed E-state index contributed by atoms with van der Waals surface area (Å²) >= 11 is 0. The topological polar surface area (TPSA) is 52.6 Å². The van der Waals surface area contributed by atoms with E-state index in [4.69, 9.17) is 4.74 Å². The number of esters is 1. The molecule has 0 unspecified atom stereocenters. The van der Waals surface area contributed by atoms with E-state index in [1.807, 2.05) is 30.3 Å². The molecule has 0 fully saturated rings. The number of ether oxygens (including phenoxy) is 2. The first kappa shape index (κ1) is 13.1. The summed E-state index contributed by atoms with van der Waals surface area (Å²) in [5.41, 5.74) is 0.503. The third kappa shape index (κ3) is 2.91. The second kappa shape index (κ2) is 6.00. The van der Waals surface area contributed by atoms with Gasteiger partial charge in [-0.3, -0.25) is 9.59 Å². The van der Waals surface area contributed by atoms with Gasteiger partial charge in [0, 0.05) is 0 Å². The van der Waals surface area contributed by atoms with Gasteiger partial charge >= 0.3 is 5.97 Å². The van der Waals surface area contributed by atoms with Crippen LogP contribution in [-0.2, 0) is 9.53 Å². The smallest absolute Gasteiger partial charge is 0.308 e. The fourth-order valence-electron chi connectivity index (χ4n) is 1.87. The van der Waals surface area contributed by atoms with Crippen molar-refractivity contribution in [2.75, 3.05) is 13.7 Å². The molecule has 4 heteroatoms. The molecular formula is C15H14O4. The third-order valence-electron chi connectivity index (χ3n) is 2.84. The first-order valence-electron chi connectivity index (χ1n) is 5.93. The van der Waals surface area contributed by atoms with Crippen molar-refractivity contribution in [1.29, 1.82) is 0 Å². The molecule has 0 aliphatic heterocycles. The Balaban J connectivity index is 2.23. The summed E-state index contributed by atoms with van der Waals surface area (Å²) < 4.78 is 10.0. The summed E-state index contributed by atoms with van der Waals surface area (Å²) in [6.45, 7) is 0.186. The fraction of sp³-hybridized carbons (Fsp3) is 0.200. The van der Waals surface area contributed by atoms with Gasteiger partial charge in [-0.15, -0.1) is 0 Å². The number of carbonyl (C=O) groups is 2. The number of carbonyl (C=O) groups excluding carboxylic acids is 2. The van der Waals surface area contributed by atoms with Crippen molar-refractivity contribution < 1.29 is 19.1 Å². The van der Waals surface area contributed by atoms with Crippen molar-refractivity contribution in [1.82, 2.24) is 0 Å². The van der Waals surface area contributed by atoms with Crippen LogP contribution in [0.25, 0.3) is 10.8 Å². The van der Waals surface area contributed by atoms with Gasteiger partial charge in [0.05, 0.1) is 25.7 Å². The SMILES string of the molecule is COC(=O)CCOc1ccc2ccccc2c1C=O. The second-order valence-electron chi connectivity index (χ2n) is 3.99. The van der Waals surface area contributed by atoms with Crippen LogP contribution < -0.4 is 4.74 Å². The molecule has 4 nitrogen and oxygen atoms in total. The Bertz CT molecular complexity index is 604. The molecule has 0 bridgehead atoms. The number of hydrogen-bond acceptors (Lipinski definition) is 4. The summed E-state index contributed by atoms with van der Waals surface area (Å²) in [6.07, 6.45) is 0.928. The van der Waals surface area contributed by atoms with Crippen molar-refractivity contribution in [3.8, 4) is 5.75 Å². The lowest BCUT2D eigenvalue weighted by molar-refractivity contribution is -0.141. The van der Waals surface area contributed by atoms with Crippen molar-refractivity contribution in [3.05, 3.63) is 42.0 Å². The summed E-state index contributed by atoms with van der Waals surface area (Å²) in [5, 5.41) is 1.82. The third-order valence-corrected chi connectivity index (χ3v) is 2.84. The summed E-state index contributed by atoms with van der Waals surface area (Å²) in [7, 11) is 1.33. The number of fused-ring (bicyclic) bond motifs is 1. The Kier molecular flexibility index (Phi) is 4.13. The molecule has 0 saturated carbocycles. The van der Waals surface area contributed by atoms with Crippen LogP contribution in [0.1, 0.15) is 16.8 Å². The van der Waals surface area contributed by atoms with Gasteiger partial charge in [-0.05, 0) is 16.8 Å². The Morgan fingerprint density at radius 2 is 2.00 bits per heavy atom. The minimum Gasteiger partial charge on any atom is -0.492 e. The second-order valence-corrected chi connectivity index (χ2v) is 3.99. The first-order chi connectivity index (χ1) is 9.26. The molecule has 0 aliphatic carbocycles. The standard InChI is InChI=1S/C15H14O4/c1-18-15(17)8-9-19-14-7-6-11-4-2-3-5-12(11)13(14)10-16/h2-7,10H,8-9H2,1H3. The van der Waals surface area contributed by atoms with Crippen LogP contribution in [0.15, 0.2) is 36.4 Å². The molecule has 0 amide bonds. The lowest BCUT2D eigenvalue weighted by Crippen LogP contribution is -2.08. The van der Waals surface area contributed by atoms with Gasteiger partial charge in [0.2, 0.25) is 0 Å². The Labute approximate surface area is 110 Å². The van der Waals surface area contributed by atoms with E-state index >= 15 is 0 Å². The minimum absolute atomic E-state index is 0.154. The zero-order valence-electron chi connectivity index (χ0n) is 10.6. The van der Waals surface area contributed by atoms with E-state index in [1.165, 1.54) is 7.11 Å². The van der Waals surface area contributed by atoms with Crippen LogP contribution in [-0.4, -0.2) is 26.0 Å². The van der Waals surface area contributed by atoms with E-state index in [2.05, 4.69) is 4.74 Å². The van der Waals surface area contributed by atoms with Crippen LogP contribution in [0, 0.1) is 0 Å². The lowest BCUT2D eigenvalue weighted by atomic mass is 10.0. The highest BCUT2D eigenvalue weighted by molar-refractivity contribution is 6.00. The van der Waals surface area contributed by atoms with E-state index in [1.54, 1.807) is 6.07 Å². The van der Waals surface area contributed by atoms with Crippen molar-refractivity contribution in [3.63, 3.8) is 0 Å². The number of rotatable bonds is 5. The Morgan fingerprint density at radius 3 is 2.74 bits per heavy atom. The Hall–Kier alpha value is -2.36. The number of hydrogen-bond donors (Lipinski definition) is 0. The lowest BCUT2D eigenvalue weighted by Gasteiger charge is -2.10. The molecule has 0 spiro atoms. The molecule has 2 rings (SSSR count). The maximum Gasteiger partial charge on any atom is 0.308 e. The van der Waals surface area contributed by atoms with E-state index < -0.39 is 0 Å². The normalized spacial score (nSPS) is 10.2. The predicted molar refractivity (Wildman–Crippen MR) is 71.5 cm³/mol. The van der Waals surface area contributed by atoms with Gasteiger partial charge in [-0.1, -0.05) is 30.3 Å². The largest absolute Gasteiger partial charge is 0.492 e. The van der Waals surface area contributed by atoms with Crippen LogP contribution >= 0.6 is 0 Å². The molecule has 0 heterocycles. The van der Waals surface area contributed by atoms with Gasteiger partial charge in [0.25, 0.3) is 0 Å². The van der Waals surface area contributed by atoms with Crippen LogP contribution in [0.4, 0.5) is 0 Å². The molecule has 0 aromatic heterocycles. The van der Waals surface area contributed by atoms with Crippen LogP contribution in [0.2, 0.25) is 0 Å². The average molecular weight is 258 g/mol. The van der Waals surface area contributed by atoms with Gasteiger partial charge in [0.1, 0.15) is 5.75 Å². The van der Waals surface area contributed by atoms with E-state index in [-0.39, 0.29) is 19.0 Å². The highest BCUT2D eigenvalue weighted by Crippen LogP contribution is 2.26. The average Bonchev–Trinajstić information content (AvgIpc) is 2.46. The van der Waals surface area contributed by atoms with Gasteiger partial charge in [0.15, 0.2) is 6.29 Å². The summed E-state index contributed by atoms with van der Waals surface area (Å²) in [5.74, 6) is 0.144. The molecule has 0 N–H and O–H groups in total. The van der Waals surface area contributed by atoms with E-state index in [9.17, 15) is 9.59 Å². The zero-order chi connectivity index (χ0) is 13.7. The first-order valence-corrected chi connectivity index (χ1v) is 5.93. The molecule has 0 aliphatic rings. The maximum atomic E-state index is 11.2. The Morgan fingerprint density at radius 1 is 1.21 bits per heavy atom. The van der Waals surface area contributed by atoms with Crippen LogP contribution in [0.5, 0.6) is 5.75 Å². The molecule has 0 atom stereocenters. The highest BCUT2D eigenvalue weighted by Gasteiger charge is 2.08. The van der Waals surface area contributed by atoms with Gasteiger partial charge in [-0.25, -0.2) is 0 Å². The van der Waals surface area contributed by atoms with E-state index in [0.29, 0.717) is 11.3 Å². The van der Waals surface area contributed by atoms with Crippen molar-refractivity contribution in [2.45, 2.75) is 6.42 Å². The fourth-order valence-corrected chi connectivity index (χ4v) is 1.87. The molecule has 0 radical (unpaired) electrons. The molecule has 19 heavy (non-hydrogen) atoms.